The zero-order valence-electron chi connectivity index (χ0n) is 19.0. The Bertz CT molecular complexity index is 883. The molecule has 1 atom stereocenters. The molecular formula is C25H33N3O3. The first-order valence-electron chi connectivity index (χ1n) is 10.9. The normalized spacial score (nSPS) is 16.5. The van der Waals surface area contributed by atoms with Crippen molar-refractivity contribution in [3.63, 3.8) is 0 Å². The van der Waals surface area contributed by atoms with Gasteiger partial charge in [-0.2, -0.15) is 5.10 Å². The Morgan fingerprint density at radius 3 is 2.68 bits per heavy atom. The molecule has 2 aromatic rings. The minimum atomic E-state index is -0.259. The van der Waals surface area contributed by atoms with Crippen molar-refractivity contribution in [3.05, 3.63) is 54.1 Å². The van der Waals surface area contributed by atoms with E-state index in [1.807, 2.05) is 60.6 Å². The molecule has 1 aliphatic heterocycles. The molecule has 0 bridgehead atoms. The fourth-order valence-electron chi connectivity index (χ4n) is 3.59. The SMILES string of the molecule is COc1ccc(/C=N/N2CCCCC2C(=O)N(C)c2ccccc2)cc1OCC(C)C. The molecule has 0 aromatic heterocycles. The highest BCUT2D eigenvalue weighted by molar-refractivity contribution is 5.96. The lowest BCUT2D eigenvalue weighted by molar-refractivity contribution is -0.124. The van der Waals surface area contributed by atoms with Crippen LogP contribution in [0.1, 0.15) is 38.7 Å². The smallest absolute Gasteiger partial charge is 0.251 e. The van der Waals surface area contributed by atoms with Crippen molar-refractivity contribution in [2.45, 2.75) is 39.2 Å². The molecule has 6 heteroatoms. The van der Waals surface area contributed by atoms with Gasteiger partial charge in [0, 0.05) is 19.3 Å². The molecule has 31 heavy (non-hydrogen) atoms. The maximum atomic E-state index is 13.2. The van der Waals surface area contributed by atoms with Crippen molar-refractivity contribution in [1.82, 2.24) is 5.01 Å². The van der Waals surface area contributed by atoms with E-state index in [1.165, 1.54) is 0 Å². The van der Waals surface area contributed by atoms with E-state index in [9.17, 15) is 4.79 Å². The first-order valence-corrected chi connectivity index (χ1v) is 10.9. The molecule has 1 heterocycles. The van der Waals surface area contributed by atoms with Crippen LogP contribution in [0.3, 0.4) is 0 Å². The van der Waals surface area contributed by atoms with Crippen molar-refractivity contribution in [1.29, 1.82) is 0 Å². The van der Waals surface area contributed by atoms with Crippen LogP contribution in [0.4, 0.5) is 5.69 Å². The van der Waals surface area contributed by atoms with Gasteiger partial charge in [0.25, 0.3) is 5.91 Å². The average Bonchev–Trinajstić information content (AvgIpc) is 2.81. The average molecular weight is 424 g/mol. The van der Waals surface area contributed by atoms with Gasteiger partial charge in [0.2, 0.25) is 0 Å². The van der Waals surface area contributed by atoms with Gasteiger partial charge >= 0.3 is 0 Å². The van der Waals surface area contributed by atoms with Gasteiger partial charge in [0.15, 0.2) is 11.5 Å². The first-order chi connectivity index (χ1) is 15.0. The fourth-order valence-corrected chi connectivity index (χ4v) is 3.59. The largest absolute Gasteiger partial charge is 0.493 e. The maximum absolute atomic E-state index is 13.2. The summed E-state index contributed by atoms with van der Waals surface area (Å²) >= 11 is 0. The number of hydrogen-bond donors (Lipinski definition) is 0. The first kappa shape index (κ1) is 22.7. The number of benzene rings is 2. The Hall–Kier alpha value is -3.02. The number of hydrazone groups is 1. The summed E-state index contributed by atoms with van der Waals surface area (Å²) in [6.45, 7) is 5.60. The quantitative estimate of drug-likeness (QED) is 0.583. The standard InChI is InChI=1S/C25H33N3O3/c1-19(2)18-31-24-16-20(13-14-23(24)30-4)17-26-28-15-9-8-12-22(28)25(29)27(3)21-10-6-5-7-11-21/h5-7,10-11,13-14,16-17,19,22H,8-9,12,15,18H2,1-4H3/b26-17+. The lowest BCUT2D eigenvalue weighted by Gasteiger charge is -2.34. The second-order valence-electron chi connectivity index (χ2n) is 8.27. The maximum Gasteiger partial charge on any atom is 0.251 e. The molecule has 0 spiro atoms. The molecule has 1 fully saturated rings. The van der Waals surface area contributed by atoms with Crippen LogP contribution in [0.2, 0.25) is 0 Å². The van der Waals surface area contributed by atoms with E-state index in [1.54, 1.807) is 18.2 Å². The Kier molecular flexibility index (Phi) is 7.93. The summed E-state index contributed by atoms with van der Waals surface area (Å²) in [6.07, 6.45) is 4.66. The van der Waals surface area contributed by atoms with Crippen LogP contribution in [0.25, 0.3) is 0 Å². The molecule has 0 saturated carbocycles. The molecule has 2 aromatic carbocycles. The lowest BCUT2D eigenvalue weighted by atomic mass is 10.0. The minimum absolute atomic E-state index is 0.0683. The Labute approximate surface area is 185 Å². The van der Waals surface area contributed by atoms with Gasteiger partial charge in [-0.05, 0) is 61.1 Å². The van der Waals surface area contributed by atoms with Crippen molar-refractivity contribution >= 4 is 17.8 Å². The second-order valence-corrected chi connectivity index (χ2v) is 8.27. The number of para-hydroxylation sites is 1. The van der Waals surface area contributed by atoms with E-state index in [4.69, 9.17) is 9.47 Å². The number of likely N-dealkylation sites (N-methyl/N-ethyl adjacent to an activating group) is 1. The fraction of sp³-hybridized carbons (Fsp3) is 0.440. The molecule has 1 unspecified atom stereocenters. The summed E-state index contributed by atoms with van der Waals surface area (Å²) in [5.74, 6) is 1.89. The van der Waals surface area contributed by atoms with E-state index < -0.39 is 0 Å². The molecule has 1 aliphatic rings. The highest BCUT2D eigenvalue weighted by Gasteiger charge is 2.30. The Morgan fingerprint density at radius 1 is 1.19 bits per heavy atom. The van der Waals surface area contributed by atoms with Crippen LogP contribution >= 0.6 is 0 Å². The number of rotatable bonds is 8. The van der Waals surface area contributed by atoms with Crippen LogP contribution in [0.5, 0.6) is 11.5 Å². The van der Waals surface area contributed by atoms with Gasteiger partial charge < -0.3 is 14.4 Å². The second kappa shape index (κ2) is 10.8. The van der Waals surface area contributed by atoms with E-state index in [0.717, 1.165) is 37.1 Å². The third kappa shape index (κ3) is 6.00. The molecule has 0 radical (unpaired) electrons. The minimum Gasteiger partial charge on any atom is -0.493 e. The molecule has 0 N–H and O–H groups in total. The lowest BCUT2D eigenvalue weighted by Crippen LogP contribution is -2.47. The number of ether oxygens (including phenoxy) is 2. The van der Waals surface area contributed by atoms with Gasteiger partial charge in [-0.25, -0.2) is 0 Å². The predicted molar refractivity (Wildman–Crippen MR) is 125 cm³/mol. The van der Waals surface area contributed by atoms with Crippen molar-refractivity contribution < 1.29 is 14.3 Å². The summed E-state index contributed by atoms with van der Waals surface area (Å²) in [5.41, 5.74) is 1.80. The number of piperidine rings is 1. The summed E-state index contributed by atoms with van der Waals surface area (Å²) in [7, 11) is 3.47. The summed E-state index contributed by atoms with van der Waals surface area (Å²) in [6, 6.07) is 15.2. The van der Waals surface area contributed by atoms with Crippen molar-refractivity contribution in [3.8, 4) is 11.5 Å². The molecule has 1 amide bonds. The van der Waals surface area contributed by atoms with E-state index in [-0.39, 0.29) is 11.9 Å². The zero-order chi connectivity index (χ0) is 22.2. The number of nitrogens with zero attached hydrogens (tertiary/aromatic N) is 3. The summed E-state index contributed by atoms with van der Waals surface area (Å²) in [4.78, 5) is 14.9. The van der Waals surface area contributed by atoms with Crippen LogP contribution in [-0.4, -0.2) is 50.5 Å². The van der Waals surface area contributed by atoms with Gasteiger partial charge in [0.05, 0.1) is 19.9 Å². The van der Waals surface area contributed by atoms with Gasteiger partial charge in [0.1, 0.15) is 6.04 Å². The number of carbonyl (C=O) groups excluding carboxylic acids is 1. The highest BCUT2D eigenvalue weighted by Crippen LogP contribution is 2.28. The zero-order valence-corrected chi connectivity index (χ0v) is 19.0. The summed E-state index contributed by atoms with van der Waals surface area (Å²) < 4.78 is 11.3. The van der Waals surface area contributed by atoms with E-state index in [0.29, 0.717) is 24.0 Å². The molecule has 6 nitrogen and oxygen atoms in total. The third-order valence-electron chi connectivity index (χ3n) is 5.35. The van der Waals surface area contributed by atoms with Crippen molar-refractivity contribution in [2.75, 3.05) is 32.2 Å². The highest BCUT2D eigenvalue weighted by atomic mass is 16.5. The predicted octanol–water partition coefficient (Wildman–Crippen LogP) is 4.58. The summed E-state index contributed by atoms with van der Waals surface area (Å²) in [5, 5.41) is 6.61. The van der Waals surface area contributed by atoms with Crippen LogP contribution in [0.15, 0.2) is 53.6 Å². The molecule has 1 saturated heterocycles. The monoisotopic (exact) mass is 423 g/mol. The van der Waals surface area contributed by atoms with Crippen LogP contribution in [-0.2, 0) is 4.79 Å². The van der Waals surface area contributed by atoms with Crippen LogP contribution < -0.4 is 14.4 Å². The number of amides is 1. The number of carbonyl (C=O) groups is 1. The Morgan fingerprint density at radius 2 is 1.97 bits per heavy atom. The van der Waals surface area contributed by atoms with E-state index >= 15 is 0 Å². The third-order valence-corrected chi connectivity index (χ3v) is 5.35. The number of hydrogen-bond acceptors (Lipinski definition) is 5. The molecule has 0 aliphatic carbocycles. The molecule has 3 rings (SSSR count). The van der Waals surface area contributed by atoms with Gasteiger partial charge in [-0.1, -0.05) is 32.0 Å². The van der Waals surface area contributed by atoms with Gasteiger partial charge in [-0.3, -0.25) is 9.80 Å². The van der Waals surface area contributed by atoms with Gasteiger partial charge in [-0.15, -0.1) is 0 Å². The molecular weight excluding hydrogens is 390 g/mol. The number of methoxy groups -OCH3 is 1. The van der Waals surface area contributed by atoms with E-state index in [2.05, 4.69) is 18.9 Å². The number of anilines is 1. The molecule has 166 valence electrons. The van der Waals surface area contributed by atoms with Crippen LogP contribution in [0, 0.1) is 5.92 Å². The van der Waals surface area contributed by atoms with Crippen molar-refractivity contribution in [2.24, 2.45) is 11.0 Å². The Balaban J connectivity index is 1.75. The topological polar surface area (TPSA) is 54.4 Å².